The summed E-state index contributed by atoms with van der Waals surface area (Å²) in [7, 11) is -3.69. The van der Waals surface area contributed by atoms with E-state index in [1.165, 1.54) is 0 Å². The van der Waals surface area contributed by atoms with E-state index in [1.54, 1.807) is 17.0 Å². The van der Waals surface area contributed by atoms with Gasteiger partial charge in [-0.3, -0.25) is 4.79 Å². The van der Waals surface area contributed by atoms with Crippen LogP contribution in [0.4, 0.5) is 0 Å². The van der Waals surface area contributed by atoms with Crippen LogP contribution < -0.4 is 10.0 Å². The minimum atomic E-state index is -3.69. The first kappa shape index (κ1) is 24.6. The molecule has 3 atom stereocenters. The van der Waals surface area contributed by atoms with Crippen LogP contribution in [0, 0.1) is 23.2 Å². The molecule has 0 radical (unpaired) electrons. The lowest BCUT2D eigenvalue weighted by molar-refractivity contribution is -0.131. The molecule has 7 nitrogen and oxygen atoms in total. The number of amides is 1. The molecule has 0 aromatic heterocycles. The van der Waals surface area contributed by atoms with E-state index in [0.29, 0.717) is 24.8 Å². The van der Waals surface area contributed by atoms with Crippen molar-refractivity contribution in [1.29, 1.82) is 5.26 Å². The lowest BCUT2D eigenvalue weighted by Gasteiger charge is -2.62. The molecular weight excluding hydrogens is 484 g/mol. The molecule has 8 heteroatoms. The van der Waals surface area contributed by atoms with Crippen molar-refractivity contribution < 1.29 is 13.2 Å². The highest BCUT2D eigenvalue weighted by Gasteiger charge is 2.58. The predicted octanol–water partition coefficient (Wildman–Crippen LogP) is 3.83. The lowest BCUT2D eigenvalue weighted by atomic mass is 9.50. The van der Waals surface area contributed by atoms with Crippen molar-refractivity contribution in [1.82, 2.24) is 14.9 Å². The zero-order chi connectivity index (χ0) is 25.7. The van der Waals surface area contributed by atoms with E-state index < -0.39 is 15.6 Å². The van der Waals surface area contributed by atoms with Crippen LogP contribution in [0.15, 0.2) is 59.5 Å². The van der Waals surface area contributed by atoms with Crippen LogP contribution in [0.1, 0.15) is 51.4 Å². The number of rotatable bonds is 7. The molecule has 3 unspecified atom stereocenters. The van der Waals surface area contributed by atoms with Crippen LogP contribution in [0.25, 0.3) is 11.1 Å². The molecule has 4 saturated carbocycles. The van der Waals surface area contributed by atoms with E-state index in [-0.39, 0.29) is 28.9 Å². The van der Waals surface area contributed by atoms with Crippen LogP contribution in [0.3, 0.4) is 0 Å². The van der Waals surface area contributed by atoms with Gasteiger partial charge in [0, 0.05) is 17.6 Å². The van der Waals surface area contributed by atoms with Crippen molar-refractivity contribution in [2.75, 3.05) is 13.1 Å². The Morgan fingerprint density at radius 2 is 1.62 bits per heavy atom. The Morgan fingerprint density at radius 3 is 2.30 bits per heavy atom. The molecule has 0 spiro atoms. The number of nitriles is 1. The molecule has 1 amide bonds. The summed E-state index contributed by atoms with van der Waals surface area (Å²) in [5, 5.41) is 13.0. The summed E-state index contributed by atoms with van der Waals surface area (Å²) in [6, 6.07) is 19.0. The fraction of sp³-hybridized carbons (Fsp3) is 0.517. The SMILES string of the molecule is N#CC1CCCN1C(=O)CNC12CC3CC(C1)CC(NS(=O)(=O)c1ccc(-c4ccccc4)cc1)(C3)C2. The van der Waals surface area contributed by atoms with Crippen molar-refractivity contribution >= 4 is 15.9 Å². The predicted molar refractivity (Wildman–Crippen MR) is 141 cm³/mol. The zero-order valence-electron chi connectivity index (χ0n) is 21.0. The molecule has 4 bridgehead atoms. The summed E-state index contributed by atoms with van der Waals surface area (Å²) >= 11 is 0. The number of hydrogen-bond donors (Lipinski definition) is 2. The van der Waals surface area contributed by atoms with Crippen molar-refractivity contribution in [3.05, 3.63) is 54.6 Å². The lowest BCUT2D eigenvalue weighted by Crippen LogP contribution is -2.69. The van der Waals surface area contributed by atoms with Crippen LogP contribution in [-0.4, -0.2) is 49.4 Å². The molecule has 5 aliphatic rings. The Bertz CT molecular complexity index is 1310. The van der Waals surface area contributed by atoms with E-state index in [0.717, 1.165) is 56.1 Å². The summed E-state index contributed by atoms with van der Waals surface area (Å²) < 4.78 is 30.3. The summed E-state index contributed by atoms with van der Waals surface area (Å²) in [5.74, 6) is 0.879. The standard InChI is InChI=1S/C29H34N4O3S/c30-18-25-7-4-12-33(25)27(34)19-31-28-14-21-13-22(15-28)17-29(16-21,20-28)32-37(35,36)26-10-8-24(9-11-26)23-5-2-1-3-6-23/h1-3,5-6,8-11,21-22,25,31-32H,4,7,12-17,19-20H2. The number of hydrogen-bond acceptors (Lipinski definition) is 5. The van der Waals surface area contributed by atoms with Crippen LogP contribution >= 0.6 is 0 Å². The Morgan fingerprint density at radius 1 is 0.973 bits per heavy atom. The highest BCUT2D eigenvalue weighted by atomic mass is 32.2. The van der Waals surface area contributed by atoms with Crippen molar-refractivity contribution in [3.63, 3.8) is 0 Å². The van der Waals surface area contributed by atoms with Gasteiger partial charge in [0.2, 0.25) is 15.9 Å². The highest BCUT2D eigenvalue weighted by Crippen LogP contribution is 2.57. The van der Waals surface area contributed by atoms with Gasteiger partial charge in [-0.2, -0.15) is 5.26 Å². The van der Waals surface area contributed by atoms with Crippen molar-refractivity contribution in [2.24, 2.45) is 11.8 Å². The summed E-state index contributed by atoms with van der Waals surface area (Å²) in [5.41, 5.74) is 1.32. The molecule has 1 saturated heterocycles. The molecule has 2 aromatic carbocycles. The number of nitrogens with zero attached hydrogens (tertiary/aromatic N) is 2. The minimum absolute atomic E-state index is 0.0204. The third kappa shape index (κ3) is 4.69. The van der Waals surface area contributed by atoms with Gasteiger partial charge in [0.15, 0.2) is 0 Å². The van der Waals surface area contributed by atoms with Gasteiger partial charge >= 0.3 is 0 Å². The maximum Gasteiger partial charge on any atom is 0.241 e. The second-order valence-electron chi connectivity index (χ2n) is 11.7. The second-order valence-corrected chi connectivity index (χ2v) is 13.4. The molecule has 5 fully saturated rings. The quantitative estimate of drug-likeness (QED) is 0.580. The monoisotopic (exact) mass is 518 g/mol. The van der Waals surface area contributed by atoms with Crippen molar-refractivity contribution in [2.45, 2.75) is 73.4 Å². The normalized spacial score (nSPS) is 32.4. The van der Waals surface area contributed by atoms with Gasteiger partial charge in [0.05, 0.1) is 17.5 Å². The van der Waals surface area contributed by atoms with E-state index in [2.05, 4.69) is 16.1 Å². The molecule has 2 aromatic rings. The Balaban J connectivity index is 1.18. The molecule has 194 valence electrons. The zero-order valence-corrected chi connectivity index (χ0v) is 21.8. The van der Waals surface area contributed by atoms with Gasteiger partial charge in [0.25, 0.3) is 0 Å². The molecule has 7 rings (SSSR count). The van der Waals surface area contributed by atoms with E-state index >= 15 is 0 Å². The molecule has 1 heterocycles. The molecule has 4 aliphatic carbocycles. The first-order valence-electron chi connectivity index (χ1n) is 13.4. The average molecular weight is 519 g/mol. The average Bonchev–Trinajstić information content (AvgIpc) is 3.36. The molecule has 37 heavy (non-hydrogen) atoms. The maximum atomic E-state index is 13.6. The summed E-state index contributed by atoms with van der Waals surface area (Å²) in [6.07, 6.45) is 7.11. The summed E-state index contributed by atoms with van der Waals surface area (Å²) in [4.78, 5) is 14.9. The molecule has 1 aliphatic heterocycles. The van der Waals surface area contributed by atoms with Gasteiger partial charge in [-0.05, 0) is 86.5 Å². The second kappa shape index (κ2) is 9.23. The Kier molecular flexibility index (Phi) is 6.14. The van der Waals surface area contributed by atoms with Crippen LogP contribution in [-0.2, 0) is 14.8 Å². The summed E-state index contributed by atoms with van der Waals surface area (Å²) in [6.45, 7) is 0.852. The third-order valence-corrected chi connectivity index (χ3v) is 10.6. The van der Waals surface area contributed by atoms with Gasteiger partial charge in [0.1, 0.15) is 6.04 Å². The van der Waals surface area contributed by atoms with Crippen LogP contribution in [0.2, 0.25) is 0 Å². The van der Waals surface area contributed by atoms with Gasteiger partial charge in [-0.1, -0.05) is 42.5 Å². The maximum absolute atomic E-state index is 13.6. The molecular formula is C29H34N4O3S. The highest BCUT2D eigenvalue weighted by molar-refractivity contribution is 7.89. The number of sulfonamides is 1. The van der Waals surface area contributed by atoms with Gasteiger partial charge < -0.3 is 10.2 Å². The van der Waals surface area contributed by atoms with E-state index in [4.69, 9.17) is 0 Å². The largest absolute Gasteiger partial charge is 0.326 e. The fourth-order valence-electron chi connectivity index (χ4n) is 7.95. The molecule has 2 N–H and O–H groups in total. The number of carbonyl (C=O) groups excluding carboxylic acids is 1. The third-order valence-electron chi connectivity index (χ3n) is 9.02. The van der Waals surface area contributed by atoms with Crippen LogP contribution in [0.5, 0.6) is 0 Å². The minimum Gasteiger partial charge on any atom is -0.326 e. The smallest absolute Gasteiger partial charge is 0.241 e. The Hall–Kier alpha value is -2.73. The number of carbonyl (C=O) groups is 1. The van der Waals surface area contributed by atoms with Gasteiger partial charge in [-0.15, -0.1) is 0 Å². The number of benzene rings is 2. The van der Waals surface area contributed by atoms with E-state index in [1.807, 2.05) is 42.5 Å². The van der Waals surface area contributed by atoms with Crippen molar-refractivity contribution in [3.8, 4) is 17.2 Å². The van der Waals surface area contributed by atoms with E-state index in [9.17, 15) is 18.5 Å². The Labute approximate surface area is 219 Å². The fourth-order valence-corrected chi connectivity index (χ4v) is 9.38. The first-order valence-corrected chi connectivity index (χ1v) is 14.9. The van der Waals surface area contributed by atoms with Gasteiger partial charge in [-0.25, -0.2) is 13.1 Å². The number of likely N-dealkylation sites (tertiary alicyclic amines) is 1. The topological polar surface area (TPSA) is 102 Å². The first-order chi connectivity index (χ1) is 17.8. The number of nitrogens with one attached hydrogen (secondary N) is 2.